The standard InChI is InChI=1S/C13H28N2O/c1-11(2)6-7-13(3,10-14)15-9-12-5-4-8-16-12/h11-12,15H,4-10,14H2,1-3H3. The number of hydrogen-bond acceptors (Lipinski definition) is 3. The summed E-state index contributed by atoms with van der Waals surface area (Å²) in [5.41, 5.74) is 5.95. The first-order valence-corrected chi connectivity index (χ1v) is 6.62. The van der Waals surface area contributed by atoms with Crippen molar-refractivity contribution in [1.82, 2.24) is 5.32 Å². The van der Waals surface area contributed by atoms with Crippen LogP contribution in [-0.2, 0) is 4.74 Å². The minimum absolute atomic E-state index is 0.0796. The van der Waals surface area contributed by atoms with Gasteiger partial charge in [0.05, 0.1) is 6.10 Å². The Bertz CT molecular complexity index is 190. The van der Waals surface area contributed by atoms with Crippen LogP contribution >= 0.6 is 0 Å². The Morgan fingerprint density at radius 1 is 1.50 bits per heavy atom. The van der Waals surface area contributed by atoms with Crippen LogP contribution in [0.2, 0.25) is 0 Å². The van der Waals surface area contributed by atoms with Crippen LogP contribution in [0.15, 0.2) is 0 Å². The second-order valence-electron chi connectivity index (χ2n) is 5.71. The molecule has 1 saturated heterocycles. The molecule has 3 N–H and O–H groups in total. The SMILES string of the molecule is CC(C)CCC(C)(CN)NCC1CCCO1. The van der Waals surface area contributed by atoms with Gasteiger partial charge in [0.1, 0.15) is 0 Å². The van der Waals surface area contributed by atoms with Crippen LogP contribution < -0.4 is 11.1 Å². The first-order valence-electron chi connectivity index (χ1n) is 6.62. The lowest BCUT2D eigenvalue weighted by atomic mass is 9.91. The van der Waals surface area contributed by atoms with Crippen molar-refractivity contribution >= 4 is 0 Å². The minimum atomic E-state index is 0.0796. The van der Waals surface area contributed by atoms with E-state index < -0.39 is 0 Å². The molecule has 2 unspecified atom stereocenters. The fraction of sp³-hybridized carbons (Fsp3) is 1.00. The summed E-state index contributed by atoms with van der Waals surface area (Å²) in [4.78, 5) is 0. The molecule has 2 atom stereocenters. The molecule has 0 saturated carbocycles. The minimum Gasteiger partial charge on any atom is -0.377 e. The molecule has 3 nitrogen and oxygen atoms in total. The van der Waals surface area contributed by atoms with Crippen LogP contribution in [0, 0.1) is 5.92 Å². The Labute approximate surface area is 100 Å². The maximum Gasteiger partial charge on any atom is 0.0700 e. The van der Waals surface area contributed by atoms with Gasteiger partial charge in [-0.2, -0.15) is 0 Å². The lowest BCUT2D eigenvalue weighted by Crippen LogP contribution is -2.51. The zero-order valence-electron chi connectivity index (χ0n) is 11.1. The van der Waals surface area contributed by atoms with Crippen LogP contribution in [-0.4, -0.2) is 31.3 Å². The Balaban J connectivity index is 2.27. The molecule has 1 aliphatic heterocycles. The Morgan fingerprint density at radius 2 is 2.25 bits per heavy atom. The van der Waals surface area contributed by atoms with Gasteiger partial charge < -0.3 is 15.8 Å². The molecule has 1 rings (SSSR count). The summed E-state index contributed by atoms with van der Waals surface area (Å²) < 4.78 is 5.62. The largest absolute Gasteiger partial charge is 0.377 e. The van der Waals surface area contributed by atoms with Crippen LogP contribution in [0.3, 0.4) is 0 Å². The van der Waals surface area contributed by atoms with E-state index >= 15 is 0 Å². The van der Waals surface area contributed by atoms with Crippen molar-refractivity contribution in [3.63, 3.8) is 0 Å². The molecule has 0 aromatic carbocycles. The molecule has 0 amide bonds. The van der Waals surface area contributed by atoms with Crippen molar-refractivity contribution in [1.29, 1.82) is 0 Å². The molecular formula is C13H28N2O. The molecule has 0 aromatic heterocycles. The fourth-order valence-corrected chi connectivity index (χ4v) is 2.04. The topological polar surface area (TPSA) is 47.3 Å². The number of nitrogens with two attached hydrogens (primary N) is 1. The molecule has 0 aromatic rings. The van der Waals surface area contributed by atoms with Crippen LogP contribution in [0.25, 0.3) is 0 Å². The van der Waals surface area contributed by atoms with Crippen LogP contribution in [0.4, 0.5) is 0 Å². The molecule has 1 fully saturated rings. The van der Waals surface area contributed by atoms with E-state index in [1.165, 1.54) is 19.3 Å². The second kappa shape index (κ2) is 6.58. The summed E-state index contributed by atoms with van der Waals surface area (Å²) in [6, 6.07) is 0. The molecule has 0 bridgehead atoms. The number of ether oxygens (including phenoxy) is 1. The van der Waals surface area contributed by atoms with E-state index in [-0.39, 0.29) is 5.54 Å². The monoisotopic (exact) mass is 228 g/mol. The second-order valence-corrected chi connectivity index (χ2v) is 5.71. The highest BCUT2D eigenvalue weighted by Gasteiger charge is 2.24. The molecule has 1 aliphatic rings. The average molecular weight is 228 g/mol. The van der Waals surface area contributed by atoms with E-state index in [0.29, 0.717) is 12.6 Å². The van der Waals surface area contributed by atoms with Gasteiger partial charge in [-0.1, -0.05) is 13.8 Å². The molecule has 96 valence electrons. The quantitative estimate of drug-likeness (QED) is 0.700. The normalized spacial score (nSPS) is 24.9. The third-order valence-corrected chi connectivity index (χ3v) is 3.50. The van der Waals surface area contributed by atoms with Crippen molar-refractivity contribution < 1.29 is 4.74 Å². The predicted octanol–water partition coefficient (Wildman–Crippen LogP) is 1.91. The molecular weight excluding hydrogens is 200 g/mol. The third-order valence-electron chi connectivity index (χ3n) is 3.50. The smallest absolute Gasteiger partial charge is 0.0700 e. The summed E-state index contributed by atoms with van der Waals surface area (Å²) in [5.74, 6) is 0.746. The van der Waals surface area contributed by atoms with Gasteiger partial charge in [0.15, 0.2) is 0 Å². The highest BCUT2D eigenvalue weighted by molar-refractivity contribution is 4.86. The van der Waals surface area contributed by atoms with Gasteiger partial charge in [0, 0.05) is 25.2 Å². The van der Waals surface area contributed by atoms with Crippen LogP contribution in [0.5, 0.6) is 0 Å². The summed E-state index contributed by atoms with van der Waals surface area (Å²) in [6.45, 7) is 9.33. The highest BCUT2D eigenvalue weighted by atomic mass is 16.5. The molecule has 0 aliphatic carbocycles. The van der Waals surface area contributed by atoms with Crippen molar-refractivity contribution in [2.45, 2.75) is 58.1 Å². The van der Waals surface area contributed by atoms with E-state index in [2.05, 4.69) is 26.1 Å². The molecule has 3 heteroatoms. The molecule has 0 spiro atoms. The fourth-order valence-electron chi connectivity index (χ4n) is 2.04. The number of rotatable bonds is 7. The molecule has 0 radical (unpaired) electrons. The van der Waals surface area contributed by atoms with Crippen molar-refractivity contribution in [2.24, 2.45) is 11.7 Å². The van der Waals surface area contributed by atoms with Crippen molar-refractivity contribution in [3.05, 3.63) is 0 Å². The third kappa shape index (κ3) is 4.81. The van der Waals surface area contributed by atoms with Gasteiger partial charge in [-0.3, -0.25) is 0 Å². The van der Waals surface area contributed by atoms with Gasteiger partial charge in [-0.15, -0.1) is 0 Å². The van der Waals surface area contributed by atoms with Gasteiger partial charge in [-0.05, 0) is 38.5 Å². The Hall–Kier alpha value is -0.120. The number of hydrogen-bond donors (Lipinski definition) is 2. The lowest BCUT2D eigenvalue weighted by Gasteiger charge is -2.31. The summed E-state index contributed by atoms with van der Waals surface area (Å²) in [5, 5.41) is 3.59. The Kier molecular flexibility index (Phi) is 5.73. The zero-order chi connectivity index (χ0) is 12.0. The highest BCUT2D eigenvalue weighted by Crippen LogP contribution is 2.17. The maximum absolute atomic E-state index is 5.87. The van der Waals surface area contributed by atoms with Crippen molar-refractivity contribution in [2.75, 3.05) is 19.7 Å². The zero-order valence-corrected chi connectivity index (χ0v) is 11.1. The maximum atomic E-state index is 5.87. The van der Waals surface area contributed by atoms with E-state index in [1.807, 2.05) is 0 Å². The molecule has 1 heterocycles. The lowest BCUT2D eigenvalue weighted by molar-refractivity contribution is 0.101. The van der Waals surface area contributed by atoms with Gasteiger partial charge in [0.2, 0.25) is 0 Å². The van der Waals surface area contributed by atoms with E-state index in [9.17, 15) is 0 Å². The van der Waals surface area contributed by atoms with Gasteiger partial charge >= 0.3 is 0 Å². The summed E-state index contributed by atoms with van der Waals surface area (Å²) in [6.07, 6.45) is 5.18. The molecule has 16 heavy (non-hydrogen) atoms. The summed E-state index contributed by atoms with van der Waals surface area (Å²) >= 11 is 0. The predicted molar refractivity (Wildman–Crippen MR) is 68.5 cm³/mol. The van der Waals surface area contributed by atoms with Crippen molar-refractivity contribution in [3.8, 4) is 0 Å². The first-order chi connectivity index (χ1) is 7.56. The first kappa shape index (κ1) is 13.9. The number of nitrogens with one attached hydrogen (secondary N) is 1. The van der Waals surface area contributed by atoms with E-state index in [4.69, 9.17) is 10.5 Å². The summed E-state index contributed by atoms with van der Waals surface area (Å²) in [7, 11) is 0. The van der Waals surface area contributed by atoms with E-state index in [0.717, 1.165) is 25.5 Å². The van der Waals surface area contributed by atoms with E-state index in [1.54, 1.807) is 0 Å². The van der Waals surface area contributed by atoms with Crippen LogP contribution in [0.1, 0.15) is 46.5 Å². The Morgan fingerprint density at radius 3 is 2.75 bits per heavy atom. The van der Waals surface area contributed by atoms with Gasteiger partial charge in [-0.25, -0.2) is 0 Å². The average Bonchev–Trinajstić information content (AvgIpc) is 2.76. The van der Waals surface area contributed by atoms with Gasteiger partial charge in [0.25, 0.3) is 0 Å².